The van der Waals surface area contributed by atoms with Crippen molar-refractivity contribution in [3.05, 3.63) is 30.3 Å². The Balaban J connectivity index is 2.12. The zero-order valence-corrected chi connectivity index (χ0v) is 13.3. The molecular weight excluding hydrogens is 288 g/mol. The van der Waals surface area contributed by atoms with Crippen molar-refractivity contribution in [1.82, 2.24) is 10.2 Å². The second kappa shape index (κ2) is 10.2. The lowest BCUT2D eigenvalue weighted by Gasteiger charge is -2.15. The van der Waals surface area contributed by atoms with Crippen LogP contribution >= 0.6 is 11.8 Å². The summed E-state index contributed by atoms with van der Waals surface area (Å²) in [6.45, 7) is 3.03. The molecule has 1 amide bonds. The number of nitrogens with zero attached hydrogens (tertiary/aromatic N) is 1. The van der Waals surface area contributed by atoms with E-state index in [-0.39, 0.29) is 25.0 Å². The highest BCUT2D eigenvalue weighted by molar-refractivity contribution is 7.99. The van der Waals surface area contributed by atoms with Gasteiger partial charge in [0.25, 0.3) is 0 Å². The third kappa shape index (κ3) is 8.37. The van der Waals surface area contributed by atoms with Gasteiger partial charge in [-0.25, -0.2) is 0 Å². The number of amides is 1. The van der Waals surface area contributed by atoms with Gasteiger partial charge in [-0.05, 0) is 26.1 Å². The lowest BCUT2D eigenvalue weighted by Crippen LogP contribution is -2.38. The summed E-state index contributed by atoms with van der Waals surface area (Å²) < 4.78 is 4.83. The largest absolute Gasteiger partial charge is 0.465 e. The molecular formula is C15H22N2O3S. The fourth-order valence-electron chi connectivity index (χ4n) is 1.66. The summed E-state index contributed by atoms with van der Waals surface area (Å²) in [6.07, 6.45) is 0. The minimum Gasteiger partial charge on any atom is -0.465 e. The molecule has 0 radical (unpaired) electrons. The highest BCUT2D eigenvalue weighted by Gasteiger charge is 2.10. The highest BCUT2D eigenvalue weighted by atomic mass is 32.2. The molecule has 116 valence electrons. The number of esters is 1. The van der Waals surface area contributed by atoms with E-state index in [1.165, 1.54) is 4.90 Å². The van der Waals surface area contributed by atoms with E-state index in [0.29, 0.717) is 13.2 Å². The second-order valence-electron chi connectivity index (χ2n) is 4.49. The fourth-order valence-corrected chi connectivity index (χ4v) is 2.45. The average molecular weight is 310 g/mol. The van der Waals surface area contributed by atoms with Crippen molar-refractivity contribution in [3.63, 3.8) is 0 Å². The molecule has 0 aliphatic heterocycles. The van der Waals surface area contributed by atoms with Gasteiger partial charge in [0, 0.05) is 17.2 Å². The van der Waals surface area contributed by atoms with Gasteiger partial charge in [-0.1, -0.05) is 18.2 Å². The minimum atomic E-state index is -0.313. The van der Waals surface area contributed by atoms with Gasteiger partial charge < -0.3 is 10.1 Å². The van der Waals surface area contributed by atoms with Gasteiger partial charge in [0.1, 0.15) is 0 Å². The van der Waals surface area contributed by atoms with E-state index in [4.69, 9.17) is 4.74 Å². The maximum atomic E-state index is 11.7. The summed E-state index contributed by atoms with van der Waals surface area (Å²) >= 11 is 1.70. The Kier molecular flexibility index (Phi) is 8.54. The summed E-state index contributed by atoms with van der Waals surface area (Å²) in [4.78, 5) is 25.8. The molecule has 21 heavy (non-hydrogen) atoms. The quantitative estimate of drug-likeness (QED) is 0.424. The van der Waals surface area contributed by atoms with Crippen LogP contribution in [0.15, 0.2) is 35.2 Å². The van der Waals surface area contributed by atoms with E-state index in [1.807, 2.05) is 30.3 Å². The van der Waals surface area contributed by atoms with Gasteiger partial charge in [0.05, 0.1) is 19.7 Å². The molecule has 1 aromatic rings. The van der Waals surface area contributed by atoms with Gasteiger partial charge in [0.15, 0.2) is 0 Å². The smallest absolute Gasteiger partial charge is 0.320 e. The minimum absolute atomic E-state index is 0.0875. The molecule has 0 spiro atoms. The Morgan fingerprint density at radius 3 is 2.62 bits per heavy atom. The summed E-state index contributed by atoms with van der Waals surface area (Å²) in [5, 5.41) is 2.84. The molecule has 0 heterocycles. The van der Waals surface area contributed by atoms with Crippen molar-refractivity contribution < 1.29 is 14.3 Å². The van der Waals surface area contributed by atoms with Gasteiger partial charge >= 0.3 is 5.97 Å². The Labute approximate surface area is 130 Å². The molecule has 0 atom stereocenters. The number of ether oxygens (including phenoxy) is 1. The third-order valence-electron chi connectivity index (χ3n) is 2.55. The topological polar surface area (TPSA) is 58.6 Å². The van der Waals surface area contributed by atoms with Crippen LogP contribution in [0.5, 0.6) is 0 Å². The summed E-state index contributed by atoms with van der Waals surface area (Å²) in [7, 11) is 1.72. The van der Waals surface area contributed by atoms with E-state index >= 15 is 0 Å². The molecule has 0 fully saturated rings. The molecule has 1 aromatic carbocycles. The van der Waals surface area contributed by atoms with Crippen LogP contribution in [0.1, 0.15) is 6.92 Å². The Bertz CT molecular complexity index is 440. The summed E-state index contributed by atoms with van der Waals surface area (Å²) in [6, 6.07) is 10.0. The molecule has 1 rings (SSSR count). The van der Waals surface area contributed by atoms with Gasteiger partial charge in [-0.15, -0.1) is 11.8 Å². The van der Waals surface area contributed by atoms with Crippen molar-refractivity contribution in [3.8, 4) is 0 Å². The number of hydrogen-bond donors (Lipinski definition) is 1. The Hall–Kier alpha value is -1.53. The SMILES string of the molecule is CCOC(=O)CN(C)CC(=O)NCCSc1ccccc1. The van der Waals surface area contributed by atoms with Crippen molar-refractivity contribution in [2.75, 3.05) is 39.0 Å². The maximum absolute atomic E-state index is 11.7. The van der Waals surface area contributed by atoms with E-state index in [0.717, 1.165) is 5.75 Å². The molecule has 0 unspecified atom stereocenters. The highest BCUT2D eigenvalue weighted by Crippen LogP contribution is 2.15. The van der Waals surface area contributed by atoms with E-state index < -0.39 is 0 Å². The van der Waals surface area contributed by atoms with Crippen molar-refractivity contribution in [1.29, 1.82) is 0 Å². The van der Waals surface area contributed by atoms with Crippen LogP contribution in [-0.2, 0) is 14.3 Å². The zero-order valence-electron chi connectivity index (χ0n) is 12.5. The predicted molar refractivity (Wildman–Crippen MR) is 84.3 cm³/mol. The third-order valence-corrected chi connectivity index (χ3v) is 3.57. The molecule has 1 N–H and O–H groups in total. The zero-order chi connectivity index (χ0) is 15.5. The van der Waals surface area contributed by atoms with Gasteiger partial charge in [-0.3, -0.25) is 14.5 Å². The number of carbonyl (C=O) groups is 2. The number of hydrogen-bond acceptors (Lipinski definition) is 5. The molecule has 0 aromatic heterocycles. The first-order valence-corrected chi connectivity index (χ1v) is 7.89. The van der Waals surface area contributed by atoms with Crippen LogP contribution in [0.25, 0.3) is 0 Å². The van der Waals surface area contributed by atoms with Gasteiger partial charge in [-0.2, -0.15) is 0 Å². The summed E-state index contributed by atoms with van der Waals surface area (Å²) in [5.41, 5.74) is 0. The average Bonchev–Trinajstić information content (AvgIpc) is 2.44. The first-order chi connectivity index (χ1) is 10.1. The monoisotopic (exact) mass is 310 g/mol. The van der Waals surface area contributed by atoms with Crippen LogP contribution in [-0.4, -0.2) is 55.8 Å². The first kappa shape index (κ1) is 17.5. The van der Waals surface area contributed by atoms with Crippen LogP contribution in [0.3, 0.4) is 0 Å². The number of likely N-dealkylation sites (N-methyl/N-ethyl adjacent to an activating group) is 1. The number of rotatable bonds is 9. The standard InChI is InChI=1S/C15H22N2O3S/c1-3-20-15(19)12-17(2)11-14(18)16-9-10-21-13-7-5-4-6-8-13/h4-8H,3,9-12H2,1-2H3,(H,16,18). The lowest BCUT2D eigenvalue weighted by atomic mass is 10.4. The molecule has 5 nitrogen and oxygen atoms in total. The Morgan fingerprint density at radius 1 is 1.24 bits per heavy atom. The van der Waals surface area contributed by atoms with Crippen LogP contribution in [0.2, 0.25) is 0 Å². The molecule has 0 aliphatic rings. The van der Waals surface area contributed by atoms with Crippen LogP contribution in [0.4, 0.5) is 0 Å². The van der Waals surface area contributed by atoms with E-state index in [1.54, 1.807) is 30.6 Å². The predicted octanol–water partition coefficient (Wildman–Crippen LogP) is 1.39. The summed E-state index contributed by atoms with van der Waals surface area (Å²) in [5.74, 6) is 0.417. The van der Waals surface area contributed by atoms with Crippen LogP contribution in [0, 0.1) is 0 Å². The van der Waals surface area contributed by atoms with Crippen LogP contribution < -0.4 is 5.32 Å². The maximum Gasteiger partial charge on any atom is 0.320 e. The lowest BCUT2D eigenvalue weighted by molar-refractivity contribution is -0.144. The van der Waals surface area contributed by atoms with Crippen molar-refractivity contribution in [2.45, 2.75) is 11.8 Å². The molecule has 0 aliphatic carbocycles. The molecule has 0 bridgehead atoms. The molecule has 0 saturated heterocycles. The number of carbonyl (C=O) groups excluding carboxylic acids is 2. The number of nitrogens with one attached hydrogen (secondary N) is 1. The molecule has 6 heteroatoms. The number of benzene rings is 1. The van der Waals surface area contributed by atoms with E-state index in [2.05, 4.69) is 5.32 Å². The molecule has 0 saturated carbocycles. The number of thioether (sulfide) groups is 1. The van der Waals surface area contributed by atoms with Crippen molar-refractivity contribution in [2.24, 2.45) is 0 Å². The fraction of sp³-hybridized carbons (Fsp3) is 0.467. The van der Waals surface area contributed by atoms with E-state index in [9.17, 15) is 9.59 Å². The van der Waals surface area contributed by atoms with Gasteiger partial charge in [0.2, 0.25) is 5.91 Å². The normalized spacial score (nSPS) is 10.4. The van der Waals surface area contributed by atoms with Crippen molar-refractivity contribution >= 4 is 23.6 Å². The Morgan fingerprint density at radius 2 is 1.95 bits per heavy atom. The second-order valence-corrected chi connectivity index (χ2v) is 5.66. The first-order valence-electron chi connectivity index (χ1n) is 6.90.